The van der Waals surface area contributed by atoms with E-state index in [2.05, 4.69) is 10.3 Å². The van der Waals surface area contributed by atoms with Crippen molar-refractivity contribution in [3.05, 3.63) is 47.5 Å². The predicted molar refractivity (Wildman–Crippen MR) is 119 cm³/mol. The Balaban J connectivity index is 1.54. The summed E-state index contributed by atoms with van der Waals surface area (Å²) in [4.78, 5) is 16.5. The van der Waals surface area contributed by atoms with Crippen LogP contribution in [0.5, 0.6) is 0 Å². The number of nitrogens with one attached hydrogen (secondary N) is 1. The number of piperidine rings is 1. The monoisotopic (exact) mass is 468 g/mol. The van der Waals surface area contributed by atoms with Crippen molar-refractivity contribution in [1.82, 2.24) is 19.2 Å². The number of amides is 1. The number of ether oxygens (including phenoxy) is 1. The summed E-state index contributed by atoms with van der Waals surface area (Å²) in [6.45, 7) is 5.04. The summed E-state index contributed by atoms with van der Waals surface area (Å²) in [6, 6.07) is 5.56. The third-order valence-electron chi connectivity index (χ3n) is 5.52. The molecule has 2 atom stereocenters. The lowest BCUT2D eigenvalue weighted by atomic mass is 10.0. The van der Waals surface area contributed by atoms with Gasteiger partial charge in [0.05, 0.1) is 10.9 Å². The molecular weight excluding hydrogens is 440 g/mol. The second kappa shape index (κ2) is 10.5. The van der Waals surface area contributed by atoms with E-state index >= 15 is 0 Å². The molecule has 10 heteroatoms. The van der Waals surface area contributed by atoms with Gasteiger partial charge in [-0.05, 0) is 57.4 Å². The maximum absolute atomic E-state index is 13.2. The first kappa shape index (κ1) is 23.6. The van der Waals surface area contributed by atoms with E-state index in [9.17, 15) is 13.2 Å². The summed E-state index contributed by atoms with van der Waals surface area (Å²) in [5.74, 6) is 0.927. The third kappa shape index (κ3) is 5.99. The number of carbonyl (C=O) groups is 1. The van der Waals surface area contributed by atoms with Gasteiger partial charge in [0.2, 0.25) is 10.0 Å². The Labute approximate surface area is 188 Å². The topological polar surface area (TPSA) is 93.5 Å². The SMILES string of the molecule is Cc1nccn1CCCNC(=O)OC[C@H]1CCC[C@@H](C)N1S(=O)(=O)c1ccc(Cl)cc1. The van der Waals surface area contributed by atoms with Crippen LogP contribution in [0.2, 0.25) is 5.02 Å². The Kier molecular flexibility index (Phi) is 7.96. The number of nitrogens with zero attached hydrogens (tertiary/aromatic N) is 3. The first-order valence-corrected chi connectivity index (χ1v) is 12.3. The zero-order chi connectivity index (χ0) is 22.4. The number of alkyl carbamates (subject to hydrolysis) is 1. The van der Waals surface area contributed by atoms with Gasteiger partial charge in [-0.3, -0.25) is 0 Å². The van der Waals surface area contributed by atoms with Crippen molar-refractivity contribution < 1.29 is 17.9 Å². The van der Waals surface area contributed by atoms with Gasteiger partial charge in [0.25, 0.3) is 0 Å². The molecule has 0 aliphatic carbocycles. The van der Waals surface area contributed by atoms with Crippen LogP contribution < -0.4 is 5.32 Å². The Morgan fingerprint density at radius 2 is 2.03 bits per heavy atom. The van der Waals surface area contributed by atoms with E-state index in [4.69, 9.17) is 16.3 Å². The summed E-state index contributed by atoms with van der Waals surface area (Å²) in [6.07, 6.45) is 6.13. The molecule has 1 aliphatic heterocycles. The standard InChI is InChI=1S/C21H29ClN4O4S/c1-16-5-3-6-19(26(16)31(28,29)20-9-7-18(22)8-10-20)15-30-21(27)24-11-4-13-25-14-12-23-17(25)2/h7-10,12,14,16,19H,3-6,11,13,15H2,1-2H3,(H,24,27)/t16-,19-/m1/s1. The fourth-order valence-corrected chi connectivity index (χ4v) is 5.87. The van der Waals surface area contributed by atoms with Crippen molar-refractivity contribution in [3.8, 4) is 0 Å². The first-order chi connectivity index (χ1) is 14.8. The normalized spacial score (nSPS) is 19.8. The molecular formula is C21H29ClN4O4S. The molecule has 170 valence electrons. The molecule has 0 saturated carbocycles. The van der Waals surface area contributed by atoms with Crippen molar-refractivity contribution in [3.63, 3.8) is 0 Å². The highest BCUT2D eigenvalue weighted by molar-refractivity contribution is 7.89. The Bertz CT molecular complexity index is 978. The van der Waals surface area contributed by atoms with Crippen molar-refractivity contribution in [2.24, 2.45) is 0 Å². The lowest BCUT2D eigenvalue weighted by molar-refractivity contribution is 0.0892. The minimum absolute atomic E-state index is 0.0175. The van der Waals surface area contributed by atoms with E-state index in [1.54, 1.807) is 18.3 Å². The van der Waals surface area contributed by atoms with E-state index in [0.717, 1.165) is 31.6 Å². The summed E-state index contributed by atoms with van der Waals surface area (Å²) in [7, 11) is -3.72. The van der Waals surface area contributed by atoms with E-state index in [1.807, 2.05) is 24.6 Å². The van der Waals surface area contributed by atoms with Gasteiger partial charge in [-0.25, -0.2) is 18.2 Å². The summed E-state index contributed by atoms with van der Waals surface area (Å²) in [5.41, 5.74) is 0. The fourth-order valence-electron chi connectivity index (χ4n) is 3.88. The molecule has 0 radical (unpaired) electrons. The number of carbonyl (C=O) groups excluding carboxylic acids is 1. The van der Waals surface area contributed by atoms with Gasteiger partial charge in [-0.1, -0.05) is 18.0 Å². The molecule has 0 unspecified atom stereocenters. The molecule has 1 fully saturated rings. The number of aryl methyl sites for hydroxylation is 2. The molecule has 1 amide bonds. The minimum atomic E-state index is -3.72. The first-order valence-electron chi connectivity index (χ1n) is 10.5. The lowest BCUT2D eigenvalue weighted by Gasteiger charge is -2.39. The highest BCUT2D eigenvalue weighted by atomic mass is 35.5. The van der Waals surface area contributed by atoms with Crippen LogP contribution in [0.25, 0.3) is 0 Å². The Hall–Kier alpha value is -2.10. The maximum atomic E-state index is 13.2. The molecule has 1 aromatic carbocycles. The number of rotatable bonds is 8. The molecule has 3 rings (SSSR count). The summed E-state index contributed by atoms with van der Waals surface area (Å²) in [5, 5.41) is 3.21. The van der Waals surface area contributed by atoms with Gasteiger partial charge in [0.1, 0.15) is 12.4 Å². The van der Waals surface area contributed by atoms with Crippen LogP contribution in [0.3, 0.4) is 0 Å². The van der Waals surface area contributed by atoms with Gasteiger partial charge in [-0.2, -0.15) is 4.31 Å². The average molecular weight is 469 g/mol. The van der Waals surface area contributed by atoms with E-state index in [0.29, 0.717) is 18.0 Å². The van der Waals surface area contributed by atoms with E-state index < -0.39 is 22.2 Å². The molecule has 1 saturated heterocycles. The molecule has 31 heavy (non-hydrogen) atoms. The van der Waals surface area contributed by atoms with Gasteiger partial charge in [-0.15, -0.1) is 0 Å². The number of halogens is 1. The largest absolute Gasteiger partial charge is 0.448 e. The Morgan fingerprint density at radius 1 is 1.29 bits per heavy atom. The van der Waals surface area contributed by atoms with Crippen LogP contribution in [0.1, 0.15) is 38.4 Å². The van der Waals surface area contributed by atoms with Crippen LogP contribution in [-0.2, 0) is 21.3 Å². The predicted octanol–water partition coefficient (Wildman–Crippen LogP) is 3.59. The maximum Gasteiger partial charge on any atom is 0.407 e. The molecule has 2 aromatic rings. The molecule has 0 spiro atoms. The zero-order valence-corrected chi connectivity index (χ0v) is 19.4. The summed E-state index contributed by atoms with van der Waals surface area (Å²) < 4.78 is 35.3. The van der Waals surface area contributed by atoms with Gasteiger partial charge in [0.15, 0.2) is 0 Å². The van der Waals surface area contributed by atoms with Crippen molar-refractivity contribution in [1.29, 1.82) is 0 Å². The number of sulfonamides is 1. The van der Waals surface area contributed by atoms with Crippen LogP contribution in [0.15, 0.2) is 41.6 Å². The smallest absolute Gasteiger partial charge is 0.407 e. The number of hydrogen-bond acceptors (Lipinski definition) is 5. The average Bonchev–Trinajstić information content (AvgIpc) is 3.14. The minimum Gasteiger partial charge on any atom is -0.448 e. The fraction of sp³-hybridized carbons (Fsp3) is 0.524. The molecule has 2 heterocycles. The highest BCUT2D eigenvalue weighted by Gasteiger charge is 2.38. The summed E-state index contributed by atoms with van der Waals surface area (Å²) >= 11 is 5.90. The van der Waals surface area contributed by atoms with Gasteiger partial charge < -0.3 is 14.6 Å². The highest BCUT2D eigenvalue weighted by Crippen LogP contribution is 2.30. The molecule has 0 bridgehead atoms. The number of imidazole rings is 1. The number of benzene rings is 1. The van der Waals surface area contributed by atoms with Crippen molar-refractivity contribution in [2.75, 3.05) is 13.2 Å². The molecule has 1 aromatic heterocycles. The molecule has 8 nitrogen and oxygen atoms in total. The zero-order valence-electron chi connectivity index (χ0n) is 17.8. The van der Waals surface area contributed by atoms with Crippen LogP contribution in [0, 0.1) is 6.92 Å². The third-order valence-corrected chi connectivity index (χ3v) is 7.85. The van der Waals surface area contributed by atoms with Crippen LogP contribution in [0.4, 0.5) is 4.79 Å². The molecule has 1 N–H and O–H groups in total. The van der Waals surface area contributed by atoms with Crippen molar-refractivity contribution in [2.45, 2.75) is 63.1 Å². The van der Waals surface area contributed by atoms with Gasteiger partial charge >= 0.3 is 6.09 Å². The van der Waals surface area contributed by atoms with Crippen molar-refractivity contribution >= 4 is 27.7 Å². The second-order valence-corrected chi connectivity index (χ2v) is 10.0. The second-order valence-electron chi connectivity index (χ2n) is 7.77. The van der Waals surface area contributed by atoms with Crippen LogP contribution in [-0.4, -0.2) is 53.6 Å². The lowest BCUT2D eigenvalue weighted by Crippen LogP contribution is -2.51. The Morgan fingerprint density at radius 3 is 2.71 bits per heavy atom. The van der Waals surface area contributed by atoms with E-state index in [1.165, 1.54) is 16.4 Å². The van der Waals surface area contributed by atoms with Crippen LogP contribution >= 0.6 is 11.6 Å². The quantitative estimate of drug-likeness (QED) is 0.597. The number of aromatic nitrogens is 2. The number of hydrogen-bond donors (Lipinski definition) is 1. The van der Waals surface area contributed by atoms with Gasteiger partial charge in [0, 0.05) is 36.5 Å². The molecule has 1 aliphatic rings. The van der Waals surface area contributed by atoms with E-state index in [-0.39, 0.29) is 17.5 Å².